The average molecular weight is 273 g/mol. The largest absolute Gasteiger partial charge is 0.493 e. The highest BCUT2D eigenvalue weighted by atomic mass is 16.5. The van der Waals surface area contributed by atoms with Crippen LogP contribution in [-0.4, -0.2) is 23.9 Å². The number of ether oxygens (including phenoxy) is 1. The Morgan fingerprint density at radius 2 is 2.00 bits per heavy atom. The predicted molar refractivity (Wildman–Crippen MR) is 80.5 cm³/mol. The van der Waals surface area contributed by atoms with Crippen molar-refractivity contribution in [2.45, 2.75) is 50.8 Å². The molecular formula is C17H23NO2. The van der Waals surface area contributed by atoms with Crippen LogP contribution in [-0.2, 0) is 6.54 Å². The highest BCUT2D eigenvalue weighted by molar-refractivity contribution is 5.27. The molecular weight excluding hydrogens is 250 g/mol. The fourth-order valence-electron chi connectivity index (χ4n) is 2.53. The van der Waals surface area contributed by atoms with E-state index >= 15 is 0 Å². The number of terminal acetylenes is 1. The van der Waals surface area contributed by atoms with Gasteiger partial charge >= 0.3 is 0 Å². The first-order chi connectivity index (χ1) is 9.79. The third-order valence-corrected chi connectivity index (χ3v) is 3.74. The van der Waals surface area contributed by atoms with E-state index in [1.807, 2.05) is 24.3 Å². The van der Waals surface area contributed by atoms with Crippen LogP contribution in [0.2, 0.25) is 0 Å². The number of hydrogen-bond donors (Lipinski definition) is 2. The molecule has 0 aromatic heterocycles. The summed E-state index contributed by atoms with van der Waals surface area (Å²) in [6, 6.07) is 8.26. The lowest BCUT2D eigenvalue weighted by Crippen LogP contribution is -2.41. The normalized spacial score (nSPS) is 22.2. The molecule has 0 spiro atoms. The van der Waals surface area contributed by atoms with Crippen LogP contribution in [0.3, 0.4) is 0 Å². The number of rotatable bonds is 6. The molecule has 2 rings (SSSR count). The molecule has 2 unspecified atom stereocenters. The summed E-state index contributed by atoms with van der Waals surface area (Å²) in [5.74, 6) is 3.40. The summed E-state index contributed by atoms with van der Waals surface area (Å²) in [6.07, 6.45) is 9.94. The zero-order valence-corrected chi connectivity index (χ0v) is 11.8. The molecule has 0 heterocycles. The monoisotopic (exact) mass is 273 g/mol. The van der Waals surface area contributed by atoms with Crippen molar-refractivity contribution in [2.24, 2.45) is 0 Å². The molecule has 1 aliphatic carbocycles. The Balaban J connectivity index is 1.77. The van der Waals surface area contributed by atoms with Gasteiger partial charge in [0.1, 0.15) is 5.75 Å². The Hall–Kier alpha value is -1.50. The summed E-state index contributed by atoms with van der Waals surface area (Å²) in [6.45, 7) is 1.34. The second-order valence-corrected chi connectivity index (χ2v) is 5.29. The van der Waals surface area contributed by atoms with Crippen LogP contribution >= 0.6 is 0 Å². The molecule has 108 valence electrons. The van der Waals surface area contributed by atoms with Crippen LogP contribution in [0.15, 0.2) is 24.3 Å². The standard InChI is InChI=1S/C17H23NO2/c1-2-3-12-20-15-10-8-14(9-11-15)13-18-16-6-4-5-7-17(16)19/h1,8-11,16-19H,3-7,12-13H2. The predicted octanol–water partition coefficient (Wildman–Crippen LogP) is 2.48. The van der Waals surface area contributed by atoms with E-state index in [1.165, 1.54) is 12.0 Å². The number of hydrogen-bond acceptors (Lipinski definition) is 3. The maximum Gasteiger partial charge on any atom is 0.119 e. The number of nitrogens with one attached hydrogen (secondary N) is 1. The fourth-order valence-corrected chi connectivity index (χ4v) is 2.53. The fraction of sp³-hybridized carbons (Fsp3) is 0.529. The van der Waals surface area contributed by atoms with Crippen molar-refractivity contribution in [2.75, 3.05) is 6.61 Å². The third-order valence-electron chi connectivity index (χ3n) is 3.74. The first-order valence-electron chi connectivity index (χ1n) is 7.36. The molecule has 2 N–H and O–H groups in total. The van der Waals surface area contributed by atoms with Gasteiger partial charge in [-0.2, -0.15) is 0 Å². The minimum atomic E-state index is -0.199. The quantitative estimate of drug-likeness (QED) is 0.618. The molecule has 0 bridgehead atoms. The molecule has 1 aromatic rings. The Labute approximate surface area is 121 Å². The van der Waals surface area contributed by atoms with Crippen molar-refractivity contribution in [1.29, 1.82) is 0 Å². The summed E-state index contributed by atoms with van der Waals surface area (Å²) < 4.78 is 5.51. The van der Waals surface area contributed by atoms with Crippen LogP contribution in [0.1, 0.15) is 37.7 Å². The first kappa shape index (κ1) is 14.9. The molecule has 20 heavy (non-hydrogen) atoms. The zero-order chi connectivity index (χ0) is 14.2. The van der Waals surface area contributed by atoms with E-state index in [9.17, 15) is 5.11 Å². The minimum absolute atomic E-state index is 0.199. The molecule has 1 saturated carbocycles. The van der Waals surface area contributed by atoms with Gasteiger partial charge in [0.25, 0.3) is 0 Å². The number of benzene rings is 1. The topological polar surface area (TPSA) is 41.5 Å². The second kappa shape index (κ2) is 7.94. The summed E-state index contributed by atoms with van der Waals surface area (Å²) in [5.41, 5.74) is 1.20. The van der Waals surface area contributed by atoms with Crippen molar-refractivity contribution in [3.05, 3.63) is 29.8 Å². The van der Waals surface area contributed by atoms with E-state index in [0.717, 1.165) is 31.6 Å². The Bertz CT molecular complexity index is 435. The van der Waals surface area contributed by atoms with Gasteiger partial charge in [-0.15, -0.1) is 12.3 Å². The van der Waals surface area contributed by atoms with Gasteiger partial charge in [0.05, 0.1) is 12.7 Å². The van der Waals surface area contributed by atoms with Gasteiger partial charge in [0.15, 0.2) is 0 Å². The van der Waals surface area contributed by atoms with Gasteiger partial charge in [-0.25, -0.2) is 0 Å². The van der Waals surface area contributed by atoms with Crippen LogP contribution in [0, 0.1) is 12.3 Å². The van der Waals surface area contributed by atoms with E-state index in [2.05, 4.69) is 11.2 Å². The highest BCUT2D eigenvalue weighted by Gasteiger charge is 2.21. The molecule has 2 atom stereocenters. The van der Waals surface area contributed by atoms with E-state index in [0.29, 0.717) is 13.0 Å². The molecule has 3 nitrogen and oxygen atoms in total. The zero-order valence-electron chi connectivity index (χ0n) is 11.8. The second-order valence-electron chi connectivity index (χ2n) is 5.29. The van der Waals surface area contributed by atoms with Gasteiger partial charge in [0, 0.05) is 19.0 Å². The molecule has 1 aromatic carbocycles. The van der Waals surface area contributed by atoms with Crippen molar-refractivity contribution in [1.82, 2.24) is 5.32 Å². The van der Waals surface area contributed by atoms with Crippen LogP contribution in [0.4, 0.5) is 0 Å². The Morgan fingerprint density at radius 1 is 1.25 bits per heavy atom. The average Bonchev–Trinajstić information content (AvgIpc) is 2.48. The maximum absolute atomic E-state index is 9.91. The van der Waals surface area contributed by atoms with Crippen LogP contribution in [0.5, 0.6) is 5.75 Å². The first-order valence-corrected chi connectivity index (χ1v) is 7.36. The van der Waals surface area contributed by atoms with Crippen molar-refractivity contribution >= 4 is 0 Å². The number of aliphatic hydroxyl groups excluding tert-OH is 1. The van der Waals surface area contributed by atoms with Crippen molar-refractivity contribution in [3.63, 3.8) is 0 Å². The van der Waals surface area contributed by atoms with Crippen molar-refractivity contribution < 1.29 is 9.84 Å². The van der Waals surface area contributed by atoms with Gasteiger partial charge in [-0.3, -0.25) is 0 Å². The number of aliphatic hydroxyl groups is 1. The molecule has 1 fully saturated rings. The van der Waals surface area contributed by atoms with Crippen LogP contribution in [0.25, 0.3) is 0 Å². The SMILES string of the molecule is C#CCCOc1ccc(CNC2CCCCC2O)cc1. The van der Waals surface area contributed by atoms with E-state index in [4.69, 9.17) is 11.2 Å². The summed E-state index contributed by atoms with van der Waals surface area (Å²) in [4.78, 5) is 0. The Kier molecular flexibility index (Phi) is 5.91. The molecule has 0 aliphatic heterocycles. The van der Waals surface area contributed by atoms with Gasteiger partial charge in [-0.1, -0.05) is 25.0 Å². The highest BCUT2D eigenvalue weighted by Crippen LogP contribution is 2.19. The van der Waals surface area contributed by atoms with Crippen molar-refractivity contribution in [3.8, 4) is 18.1 Å². The van der Waals surface area contributed by atoms with Gasteiger partial charge < -0.3 is 15.2 Å². The maximum atomic E-state index is 9.91. The summed E-state index contributed by atoms with van der Waals surface area (Å²) in [7, 11) is 0. The smallest absolute Gasteiger partial charge is 0.119 e. The minimum Gasteiger partial charge on any atom is -0.493 e. The summed E-state index contributed by atoms with van der Waals surface area (Å²) >= 11 is 0. The summed E-state index contributed by atoms with van der Waals surface area (Å²) in [5, 5.41) is 13.4. The van der Waals surface area contributed by atoms with Gasteiger partial charge in [-0.05, 0) is 30.5 Å². The van der Waals surface area contributed by atoms with E-state index in [1.54, 1.807) is 0 Å². The van der Waals surface area contributed by atoms with Gasteiger partial charge in [0.2, 0.25) is 0 Å². The van der Waals surface area contributed by atoms with Crippen LogP contribution < -0.4 is 10.1 Å². The van der Waals surface area contributed by atoms with E-state index < -0.39 is 0 Å². The Morgan fingerprint density at radius 3 is 2.70 bits per heavy atom. The molecule has 0 radical (unpaired) electrons. The lowest BCUT2D eigenvalue weighted by molar-refractivity contribution is 0.0902. The lowest BCUT2D eigenvalue weighted by Gasteiger charge is -2.28. The molecule has 0 amide bonds. The molecule has 0 saturated heterocycles. The third kappa shape index (κ3) is 4.56. The lowest BCUT2D eigenvalue weighted by atomic mass is 9.92. The van der Waals surface area contributed by atoms with E-state index in [-0.39, 0.29) is 12.1 Å². The molecule has 1 aliphatic rings. The molecule has 3 heteroatoms.